The van der Waals surface area contributed by atoms with Crippen LogP contribution in [0.25, 0.3) is 11.1 Å². The fraction of sp³-hybridized carbons (Fsp3) is 0.286. The Morgan fingerprint density at radius 2 is 2.03 bits per heavy atom. The van der Waals surface area contributed by atoms with Crippen LogP contribution >= 0.6 is 0 Å². The smallest absolute Gasteiger partial charge is 0.332 e. The lowest BCUT2D eigenvalue weighted by Crippen LogP contribution is -2.34. The van der Waals surface area contributed by atoms with Gasteiger partial charge >= 0.3 is 6.03 Å². The maximum Gasteiger partial charge on any atom is 0.332 e. The third kappa shape index (κ3) is 4.48. The molecule has 168 valence electrons. The first kappa shape index (κ1) is 21.9. The van der Waals surface area contributed by atoms with E-state index >= 15 is 0 Å². The Morgan fingerprint density at radius 1 is 1.31 bits per heavy atom. The molecule has 1 aliphatic rings. The van der Waals surface area contributed by atoms with Gasteiger partial charge in [-0.15, -0.1) is 0 Å². The summed E-state index contributed by atoms with van der Waals surface area (Å²) in [5.74, 6) is -0.330. The number of pyridine rings is 1. The minimum Gasteiger partial charge on any atom is -0.391 e. The molecule has 0 bridgehead atoms. The zero-order valence-electron chi connectivity index (χ0n) is 17.3. The number of rotatable bonds is 6. The molecular weight excluding hydrogens is 435 g/mol. The van der Waals surface area contributed by atoms with Crippen molar-refractivity contribution in [2.75, 3.05) is 5.32 Å². The highest BCUT2D eigenvalue weighted by Crippen LogP contribution is 2.39. The van der Waals surface area contributed by atoms with Gasteiger partial charge in [0.2, 0.25) is 0 Å². The van der Waals surface area contributed by atoms with Crippen LogP contribution in [0.2, 0.25) is 0 Å². The molecular formula is C21H23FN6O3S. The Bertz CT molecular complexity index is 1260. The number of hydrogen-bond acceptors (Lipinski definition) is 6. The van der Waals surface area contributed by atoms with Crippen molar-refractivity contribution >= 4 is 21.6 Å². The second kappa shape index (κ2) is 8.67. The van der Waals surface area contributed by atoms with Gasteiger partial charge in [0, 0.05) is 24.2 Å². The molecule has 2 amide bonds. The lowest BCUT2D eigenvalue weighted by molar-refractivity contribution is 0.168. The maximum atomic E-state index is 14.7. The molecule has 0 saturated carbocycles. The number of aliphatic hydroxyl groups excluding tert-OH is 1. The first-order valence-electron chi connectivity index (χ1n) is 10.1. The van der Waals surface area contributed by atoms with Crippen LogP contribution in [0.4, 0.5) is 14.9 Å². The van der Waals surface area contributed by atoms with E-state index in [1.807, 2.05) is 0 Å². The van der Waals surface area contributed by atoms with Gasteiger partial charge < -0.3 is 10.4 Å². The number of urea groups is 1. The molecule has 1 aromatic carbocycles. The average Bonchev–Trinajstić information content (AvgIpc) is 3.40. The number of aliphatic hydroxyl groups is 1. The summed E-state index contributed by atoms with van der Waals surface area (Å²) in [6.07, 6.45) is 5.88. The van der Waals surface area contributed by atoms with E-state index in [2.05, 4.69) is 20.1 Å². The topological polar surface area (TPSA) is 133 Å². The van der Waals surface area contributed by atoms with Crippen LogP contribution < -0.4 is 10.0 Å². The molecule has 1 aliphatic carbocycles. The largest absolute Gasteiger partial charge is 0.391 e. The van der Waals surface area contributed by atoms with E-state index in [0.717, 1.165) is 6.42 Å². The summed E-state index contributed by atoms with van der Waals surface area (Å²) in [4.78, 5) is 16.7. The van der Waals surface area contributed by atoms with Crippen molar-refractivity contribution in [3.8, 4) is 11.1 Å². The van der Waals surface area contributed by atoms with Crippen LogP contribution in [-0.2, 0) is 29.3 Å². The van der Waals surface area contributed by atoms with Crippen molar-refractivity contribution in [3.63, 3.8) is 0 Å². The Labute approximate surface area is 184 Å². The number of halogens is 1. The second-order valence-electron chi connectivity index (χ2n) is 7.66. The third-order valence-corrected chi connectivity index (χ3v) is 6.46. The maximum absolute atomic E-state index is 14.7. The molecule has 2 heterocycles. The SMILES string of the molecule is C[C@@H](O)Cn1ccc(S(=N)(=O)NC(=O)Nc2c(-c3ccncc3)cc(F)c3c2CCC3)n1. The van der Waals surface area contributed by atoms with E-state index in [4.69, 9.17) is 4.78 Å². The Kier molecular flexibility index (Phi) is 5.94. The molecule has 1 unspecified atom stereocenters. The molecule has 0 saturated heterocycles. The number of amides is 2. The van der Waals surface area contributed by atoms with Gasteiger partial charge in [-0.1, -0.05) is 0 Å². The number of carbonyl (C=O) groups excluding carboxylic acids is 1. The van der Waals surface area contributed by atoms with Crippen molar-refractivity contribution < 1.29 is 18.5 Å². The fourth-order valence-electron chi connectivity index (χ4n) is 3.82. The Hall–Kier alpha value is -3.31. The molecule has 0 radical (unpaired) electrons. The summed E-state index contributed by atoms with van der Waals surface area (Å²) in [7, 11) is -3.75. The van der Waals surface area contributed by atoms with Crippen molar-refractivity contribution in [1.29, 1.82) is 4.78 Å². The zero-order chi connectivity index (χ0) is 22.9. The van der Waals surface area contributed by atoms with Crippen LogP contribution in [0.3, 0.4) is 0 Å². The monoisotopic (exact) mass is 458 g/mol. The van der Waals surface area contributed by atoms with E-state index in [-0.39, 0.29) is 17.4 Å². The lowest BCUT2D eigenvalue weighted by Gasteiger charge is -2.17. The standard InChI is InChI=1S/C21H23FN6O3S/c1-13(29)12-28-10-7-19(26-28)32(23,31)27-21(30)25-20-16-4-2-3-15(16)18(22)11-17(20)14-5-8-24-9-6-14/h5-11,13,29H,2-4,12H2,1H3,(H3,23,25,27,30,31)/t13-,32?/m1/s1. The first-order chi connectivity index (χ1) is 15.2. The number of hydrogen-bond donors (Lipinski definition) is 4. The first-order valence-corrected chi connectivity index (χ1v) is 11.6. The average molecular weight is 459 g/mol. The molecule has 0 spiro atoms. The van der Waals surface area contributed by atoms with E-state index < -0.39 is 22.1 Å². The molecule has 32 heavy (non-hydrogen) atoms. The summed E-state index contributed by atoms with van der Waals surface area (Å²) in [5, 5.41) is 16.0. The number of aromatic nitrogens is 3. The van der Waals surface area contributed by atoms with Gasteiger partial charge in [0.1, 0.15) is 5.82 Å². The number of nitrogens with zero attached hydrogens (tertiary/aromatic N) is 3. The summed E-state index contributed by atoms with van der Waals surface area (Å²) in [6.45, 7) is 1.74. The Balaban J connectivity index is 1.62. The molecule has 11 heteroatoms. The number of fused-ring (bicyclic) bond motifs is 1. The quantitative estimate of drug-likeness (QED) is 0.451. The van der Waals surface area contributed by atoms with Crippen molar-refractivity contribution in [3.05, 3.63) is 59.8 Å². The van der Waals surface area contributed by atoms with Gasteiger partial charge in [-0.3, -0.25) is 9.67 Å². The van der Waals surface area contributed by atoms with Crippen LogP contribution in [0.5, 0.6) is 0 Å². The van der Waals surface area contributed by atoms with Crippen LogP contribution in [0, 0.1) is 10.6 Å². The Morgan fingerprint density at radius 3 is 2.75 bits per heavy atom. The summed E-state index contributed by atoms with van der Waals surface area (Å²) >= 11 is 0. The van der Waals surface area contributed by atoms with Gasteiger partial charge in [0.15, 0.2) is 14.9 Å². The normalized spacial score (nSPS) is 15.6. The lowest BCUT2D eigenvalue weighted by atomic mass is 9.97. The van der Waals surface area contributed by atoms with Gasteiger partial charge in [-0.2, -0.15) is 5.10 Å². The third-order valence-electron chi connectivity index (χ3n) is 5.18. The van der Waals surface area contributed by atoms with Gasteiger partial charge in [0.25, 0.3) is 0 Å². The van der Waals surface area contributed by atoms with Crippen LogP contribution in [-0.4, -0.2) is 36.2 Å². The summed E-state index contributed by atoms with van der Waals surface area (Å²) < 4.78 is 39.1. The van der Waals surface area contributed by atoms with Crippen LogP contribution in [0.1, 0.15) is 24.5 Å². The van der Waals surface area contributed by atoms with E-state index in [9.17, 15) is 18.5 Å². The highest BCUT2D eigenvalue weighted by molar-refractivity contribution is 7.91. The predicted molar refractivity (Wildman–Crippen MR) is 117 cm³/mol. The minimum atomic E-state index is -3.75. The van der Waals surface area contributed by atoms with Crippen molar-refractivity contribution in [2.24, 2.45) is 0 Å². The highest BCUT2D eigenvalue weighted by Gasteiger charge is 2.25. The van der Waals surface area contributed by atoms with E-state index in [1.165, 1.54) is 23.0 Å². The molecule has 4 N–H and O–H groups in total. The number of benzene rings is 1. The van der Waals surface area contributed by atoms with E-state index in [1.54, 1.807) is 31.5 Å². The second-order valence-corrected chi connectivity index (χ2v) is 9.40. The van der Waals surface area contributed by atoms with Gasteiger partial charge in [0.05, 0.1) is 18.3 Å². The van der Waals surface area contributed by atoms with Crippen molar-refractivity contribution in [2.45, 2.75) is 43.9 Å². The summed E-state index contributed by atoms with van der Waals surface area (Å²) in [5.41, 5.74) is 2.84. The molecule has 0 fully saturated rings. The molecule has 2 aromatic heterocycles. The predicted octanol–water partition coefficient (Wildman–Crippen LogP) is 3.10. The molecule has 4 rings (SSSR count). The molecule has 2 atom stereocenters. The van der Waals surface area contributed by atoms with Crippen LogP contribution in [0.15, 0.2) is 47.9 Å². The molecule has 9 nitrogen and oxygen atoms in total. The van der Waals surface area contributed by atoms with Gasteiger partial charge in [-0.25, -0.2) is 22.9 Å². The number of anilines is 1. The number of carbonyl (C=O) groups is 1. The van der Waals surface area contributed by atoms with E-state index in [0.29, 0.717) is 40.8 Å². The highest BCUT2D eigenvalue weighted by atomic mass is 32.2. The number of nitrogens with one attached hydrogen (secondary N) is 3. The minimum absolute atomic E-state index is 0.132. The van der Waals surface area contributed by atoms with Gasteiger partial charge in [-0.05, 0) is 67.1 Å². The molecule has 0 aliphatic heterocycles. The van der Waals surface area contributed by atoms with Crippen molar-refractivity contribution in [1.82, 2.24) is 19.5 Å². The fourth-order valence-corrected chi connectivity index (χ4v) is 4.71. The summed E-state index contributed by atoms with van der Waals surface area (Å²) in [6, 6.07) is 5.30. The zero-order valence-corrected chi connectivity index (χ0v) is 18.2. The molecule has 3 aromatic rings.